The van der Waals surface area contributed by atoms with Crippen LogP contribution in [0.5, 0.6) is 0 Å². The minimum absolute atomic E-state index is 0.244. The molecule has 22 heteroatoms. The number of nitrogens with zero attached hydrogens (tertiary/aromatic N) is 3. The summed E-state index contributed by atoms with van der Waals surface area (Å²) in [6.07, 6.45) is 11.4. The Balaban J connectivity index is 1.37. The summed E-state index contributed by atoms with van der Waals surface area (Å²) >= 11 is 0. The van der Waals surface area contributed by atoms with Crippen LogP contribution in [0, 0.1) is 23.7 Å². The van der Waals surface area contributed by atoms with Crippen LogP contribution in [0.1, 0.15) is 175 Å². The summed E-state index contributed by atoms with van der Waals surface area (Å²) in [5.74, 6) is -1.72. The van der Waals surface area contributed by atoms with Gasteiger partial charge in [0.1, 0.15) is 12.2 Å². The molecule has 0 aromatic heterocycles. The molecule has 0 radical (unpaired) electrons. The van der Waals surface area contributed by atoms with Gasteiger partial charge in [0.15, 0.2) is 0 Å². The van der Waals surface area contributed by atoms with E-state index in [0.717, 1.165) is 25.7 Å². The Kier molecular flexibility index (Phi) is 19.9. The van der Waals surface area contributed by atoms with Gasteiger partial charge in [-0.05, 0) is 160 Å². The van der Waals surface area contributed by atoms with Crippen LogP contribution in [-0.2, 0) is 74.8 Å². The van der Waals surface area contributed by atoms with Crippen molar-refractivity contribution in [2.24, 2.45) is 37.2 Å². The number of ether oxygens (including phenoxy) is 5. The van der Waals surface area contributed by atoms with Crippen LogP contribution in [0.25, 0.3) is 0 Å². The summed E-state index contributed by atoms with van der Waals surface area (Å²) in [5.41, 5.74) is 0. The van der Waals surface area contributed by atoms with Crippen LogP contribution in [0.4, 0.5) is 0 Å². The molecule has 0 aromatic rings. The number of hydrogen-bond donors (Lipinski definition) is 0. The highest BCUT2D eigenvalue weighted by Crippen LogP contribution is 2.83. The second-order valence-electron chi connectivity index (χ2n) is 20.3. The monoisotopic (exact) mass is 1030 g/mol. The Morgan fingerprint density at radius 2 is 0.536 bits per heavy atom. The van der Waals surface area contributed by atoms with Crippen molar-refractivity contribution in [3.05, 3.63) is 0 Å². The standard InChI is InChI=1S/C47H78N3O16P3/c1-31-7-15-39(16-8-31)61-67(65-43-27-23-37(24-28-43)59-32(2)51)48-68(62-40-17-9-34(10-18-40)45(53)56-4,63-41-19-11-35(12-20-41)46(54)57-5)50-69(49-67,64-42-21-13-36(14-22-42)47(55)58-6)66-44-29-25-38(26-30-44)60-33(3)52/h31,34-44H,7-30H2,1-6H3. The van der Waals surface area contributed by atoms with Gasteiger partial charge in [-0.25, -0.2) is 0 Å². The second-order valence-corrected chi connectivity index (χ2v) is 26.6. The lowest BCUT2D eigenvalue weighted by Gasteiger charge is -2.42. The molecule has 1 heterocycles. The lowest BCUT2D eigenvalue weighted by molar-refractivity contribution is -0.149. The van der Waals surface area contributed by atoms with Gasteiger partial charge in [0.25, 0.3) is 0 Å². The fourth-order valence-electron chi connectivity index (χ4n) is 11.0. The number of carbonyl (C=O) groups is 5. The SMILES string of the molecule is COC(=O)C1CCC(OP2(OC3CCC(OC(C)=O)CC3)=NP(OC3CCC(C)CC3)(OC3CCC(OC(C)=O)CC3)=NP(OC3CCC(C(=O)OC)CC3)(OC3CCC(C(=O)OC)CC3)=N2)CC1. The van der Waals surface area contributed by atoms with E-state index >= 15 is 0 Å². The maximum atomic E-state index is 12.8. The van der Waals surface area contributed by atoms with Gasteiger partial charge >= 0.3 is 52.8 Å². The van der Waals surface area contributed by atoms with Gasteiger partial charge in [0.2, 0.25) is 0 Å². The molecule has 69 heavy (non-hydrogen) atoms. The lowest BCUT2D eigenvalue weighted by atomic mass is 9.88. The summed E-state index contributed by atoms with van der Waals surface area (Å²) in [6, 6.07) is 0. The van der Waals surface area contributed by atoms with E-state index in [4.69, 9.17) is 64.4 Å². The first-order chi connectivity index (χ1) is 33.1. The van der Waals surface area contributed by atoms with Crippen molar-refractivity contribution in [1.29, 1.82) is 0 Å². The number of esters is 5. The lowest BCUT2D eigenvalue weighted by Crippen LogP contribution is -2.30. The molecule has 0 spiro atoms. The van der Waals surface area contributed by atoms with Crippen LogP contribution < -0.4 is 0 Å². The molecule has 0 N–H and O–H groups in total. The highest BCUT2D eigenvalue weighted by Gasteiger charge is 2.50. The third kappa shape index (κ3) is 15.4. The summed E-state index contributed by atoms with van der Waals surface area (Å²) in [4.78, 5) is 62.3. The minimum atomic E-state index is -3.94. The molecule has 0 bridgehead atoms. The maximum absolute atomic E-state index is 12.8. The van der Waals surface area contributed by atoms with Crippen LogP contribution in [0.15, 0.2) is 13.5 Å². The Morgan fingerprint density at radius 1 is 0.333 bits per heavy atom. The Hall–Kier alpha value is -2.20. The van der Waals surface area contributed by atoms with Crippen molar-refractivity contribution in [1.82, 2.24) is 0 Å². The zero-order chi connectivity index (χ0) is 49.2. The first-order valence-corrected chi connectivity index (χ1v) is 30.3. The highest BCUT2D eigenvalue weighted by molar-refractivity contribution is 7.78. The molecular formula is C47H78N3O16P3. The van der Waals surface area contributed by atoms with Crippen LogP contribution in [0.2, 0.25) is 0 Å². The highest BCUT2D eigenvalue weighted by atomic mass is 31.3. The van der Waals surface area contributed by atoms with E-state index in [1.165, 1.54) is 35.2 Å². The van der Waals surface area contributed by atoms with Gasteiger partial charge in [-0.2, -0.15) is 0 Å². The predicted octanol–water partition coefficient (Wildman–Crippen LogP) is 11.5. The van der Waals surface area contributed by atoms with Gasteiger partial charge in [-0.15, -0.1) is 13.5 Å². The van der Waals surface area contributed by atoms with E-state index in [-0.39, 0.29) is 72.0 Å². The van der Waals surface area contributed by atoms with E-state index < -0.39 is 47.4 Å². The average Bonchev–Trinajstić information content (AvgIpc) is 3.33. The van der Waals surface area contributed by atoms with Crippen molar-refractivity contribution in [3.8, 4) is 0 Å². The van der Waals surface area contributed by atoms with Gasteiger partial charge in [0, 0.05) is 13.8 Å². The first-order valence-electron chi connectivity index (χ1n) is 25.7. The van der Waals surface area contributed by atoms with Gasteiger partial charge in [0.05, 0.1) is 75.7 Å². The third-order valence-corrected chi connectivity index (χ3v) is 23.8. The molecular weight excluding hydrogens is 955 g/mol. The normalized spacial score (nSPS) is 39.5. The molecule has 0 aromatic carbocycles. The number of hydrogen-bond acceptors (Lipinski definition) is 19. The zero-order valence-electron chi connectivity index (χ0n) is 41.6. The van der Waals surface area contributed by atoms with E-state index in [1.54, 1.807) is 0 Å². The topological polar surface area (TPSA) is 224 Å². The maximum Gasteiger partial charge on any atom is 0.349 e. The Bertz CT molecular complexity index is 1900. The molecule has 1 aliphatic heterocycles. The van der Waals surface area contributed by atoms with Crippen LogP contribution in [-0.4, -0.2) is 100 Å². The summed E-state index contributed by atoms with van der Waals surface area (Å²) in [7, 11) is -7.53. The molecule has 2 atom stereocenters. The Morgan fingerprint density at radius 3 is 0.754 bits per heavy atom. The van der Waals surface area contributed by atoms with Crippen LogP contribution >= 0.6 is 23.0 Å². The molecule has 6 saturated carbocycles. The van der Waals surface area contributed by atoms with Gasteiger partial charge in [-0.1, -0.05) is 6.92 Å². The second kappa shape index (κ2) is 25.2. The minimum Gasteiger partial charge on any atom is -0.469 e. The smallest absolute Gasteiger partial charge is 0.349 e. The predicted molar refractivity (Wildman–Crippen MR) is 255 cm³/mol. The first kappa shape index (κ1) is 54.6. The van der Waals surface area contributed by atoms with E-state index in [9.17, 15) is 24.0 Å². The summed E-state index contributed by atoms with van der Waals surface area (Å²) < 4.78 is 87.7. The van der Waals surface area contributed by atoms with Crippen LogP contribution in [0.3, 0.4) is 0 Å². The molecule has 7 rings (SSSR count). The fourth-order valence-corrected chi connectivity index (χ4v) is 21.6. The molecule has 6 fully saturated rings. The number of methoxy groups -OCH3 is 3. The van der Waals surface area contributed by atoms with Gasteiger partial charge in [-0.3, -0.25) is 24.0 Å². The van der Waals surface area contributed by atoms with Crippen molar-refractivity contribution >= 4 is 52.8 Å². The fraction of sp³-hybridized carbons (Fsp3) is 0.894. The molecule has 6 aliphatic carbocycles. The molecule has 392 valence electrons. The summed E-state index contributed by atoms with van der Waals surface area (Å²) in [5, 5.41) is 0. The largest absolute Gasteiger partial charge is 0.469 e. The van der Waals surface area contributed by atoms with Crippen molar-refractivity contribution in [2.75, 3.05) is 21.3 Å². The van der Waals surface area contributed by atoms with Crippen molar-refractivity contribution in [3.63, 3.8) is 0 Å². The molecule has 19 nitrogen and oxygen atoms in total. The molecule has 7 aliphatic rings. The molecule has 0 saturated heterocycles. The zero-order valence-corrected chi connectivity index (χ0v) is 44.3. The number of carbonyl (C=O) groups excluding carboxylic acids is 5. The molecule has 2 unspecified atom stereocenters. The summed E-state index contributed by atoms with van der Waals surface area (Å²) in [6.45, 7) is 5.09. The van der Waals surface area contributed by atoms with Crippen molar-refractivity contribution < 1.29 is 74.8 Å². The van der Waals surface area contributed by atoms with E-state index in [0.29, 0.717) is 134 Å². The average molecular weight is 1030 g/mol. The van der Waals surface area contributed by atoms with Gasteiger partial charge < -0.3 is 50.8 Å². The Labute approximate surface area is 408 Å². The quantitative estimate of drug-likeness (QED) is 0.0750. The van der Waals surface area contributed by atoms with Crippen molar-refractivity contribution in [2.45, 2.75) is 224 Å². The van der Waals surface area contributed by atoms with E-state index in [1.807, 2.05) is 0 Å². The number of rotatable bonds is 17. The molecule has 0 amide bonds. The van der Waals surface area contributed by atoms with E-state index in [2.05, 4.69) is 6.92 Å². The third-order valence-electron chi connectivity index (χ3n) is 14.9.